The highest BCUT2D eigenvalue weighted by Crippen LogP contribution is 2.24. The van der Waals surface area contributed by atoms with Crippen LogP contribution in [0.25, 0.3) is 0 Å². The zero-order chi connectivity index (χ0) is 14.5. The van der Waals surface area contributed by atoms with Crippen LogP contribution in [0.15, 0.2) is 24.3 Å². The highest BCUT2D eigenvalue weighted by molar-refractivity contribution is 5.49. The van der Waals surface area contributed by atoms with Gasteiger partial charge in [0.1, 0.15) is 5.75 Å². The maximum atomic E-state index is 5.53. The van der Waals surface area contributed by atoms with Crippen LogP contribution < -0.4 is 15.0 Å². The third kappa shape index (κ3) is 3.91. The third-order valence-corrected chi connectivity index (χ3v) is 4.76. The largest absolute Gasteiger partial charge is 0.494 e. The molecule has 1 unspecified atom stereocenters. The lowest BCUT2D eigenvalue weighted by molar-refractivity contribution is 0.340. The SMILES string of the molecule is CCOc1ccc(N2CCCC(NC3CCCC3)C2)cc1. The summed E-state index contributed by atoms with van der Waals surface area (Å²) < 4.78 is 5.53. The Morgan fingerprint density at radius 3 is 2.48 bits per heavy atom. The lowest BCUT2D eigenvalue weighted by Gasteiger charge is -2.36. The Hall–Kier alpha value is -1.22. The molecule has 1 saturated carbocycles. The van der Waals surface area contributed by atoms with Gasteiger partial charge >= 0.3 is 0 Å². The average molecular weight is 288 g/mol. The molecule has 1 aromatic carbocycles. The topological polar surface area (TPSA) is 24.5 Å². The van der Waals surface area contributed by atoms with Crippen molar-refractivity contribution < 1.29 is 4.74 Å². The number of rotatable bonds is 5. The first-order chi connectivity index (χ1) is 10.3. The molecule has 1 N–H and O–H groups in total. The summed E-state index contributed by atoms with van der Waals surface area (Å²) in [5.41, 5.74) is 1.33. The van der Waals surface area contributed by atoms with Gasteiger partial charge in [-0.15, -0.1) is 0 Å². The maximum absolute atomic E-state index is 5.53. The van der Waals surface area contributed by atoms with Crippen LogP contribution in [-0.2, 0) is 0 Å². The lowest BCUT2D eigenvalue weighted by atomic mass is 10.0. The van der Waals surface area contributed by atoms with Gasteiger partial charge in [-0.05, 0) is 56.9 Å². The van der Waals surface area contributed by atoms with Crippen molar-refractivity contribution in [3.05, 3.63) is 24.3 Å². The van der Waals surface area contributed by atoms with E-state index in [1.807, 2.05) is 6.92 Å². The second-order valence-electron chi connectivity index (χ2n) is 6.36. The third-order valence-electron chi connectivity index (χ3n) is 4.76. The fourth-order valence-corrected chi connectivity index (χ4v) is 3.69. The van der Waals surface area contributed by atoms with E-state index < -0.39 is 0 Å². The van der Waals surface area contributed by atoms with Gasteiger partial charge in [0.25, 0.3) is 0 Å². The molecule has 1 heterocycles. The quantitative estimate of drug-likeness (QED) is 0.896. The Morgan fingerprint density at radius 2 is 1.76 bits per heavy atom. The summed E-state index contributed by atoms with van der Waals surface area (Å²) in [4.78, 5) is 2.52. The predicted molar refractivity (Wildman–Crippen MR) is 88.2 cm³/mol. The molecule has 0 radical (unpaired) electrons. The number of benzene rings is 1. The first-order valence-electron chi connectivity index (χ1n) is 8.59. The highest BCUT2D eigenvalue weighted by atomic mass is 16.5. The molecule has 3 heteroatoms. The molecule has 1 aliphatic heterocycles. The van der Waals surface area contributed by atoms with E-state index in [0.29, 0.717) is 6.04 Å². The number of nitrogens with one attached hydrogen (secondary N) is 1. The summed E-state index contributed by atoms with van der Waals surface area (Å²) in [5, 5.41) is 3.88. The van der Waals surface area contributed by atoms with E-state index in [-0.39, 0.29) is 0 Å². The lowest BCUT2D eigenvalue weighted by Crippen LogP contribution is -2.48. The van der Waals surface area contributed by atoms with Crippen LogP contribution in [0, 0.1) is 0 Å². The fraction of sp³-hybridized carbons (Fsp3) is 0.667. The minimum atomic E-state index is 0.661. The van der Waals surface area contributed by atoms with Crippen LogP contribution in [0.1, 0.15) is 45.4 Å². The zero-order valence-corrected chi connectivity index (χ0v) is 13.2. The molecule has 0 aromatic heterocycles. The van der Waals surface area contributed by atoms with Crippen molar-refractivity contribution in [3.8, 4) is 5.75 Å². The maximum Gasteiger partial charge on any atom is 0.119 e. The number of hydrogen-bond donors (Lipinski definition) is 1. The van der Waals surface area contributed by atoms with Gasteiger partial charge in [-0.2, -0.15) is 0 Å². The smallest absolute Gasteiger partial charge is 0.119 e. The predicted octanol–water partition coefficient (Wildman–Crippen LogP) is 3.59. The van der Waals surface area contributed by atoms with Crippen molar-refractivity contribution >= 4 is 5.69 Å². The van der Waals surface area contributed by atoms with Crippen molar-refractivity contribution in [2.24, 2.45) is 0 Å². The number of nitrogens with zero attached hydrogens (tertiary/aromatic N) is 1. The van der Waals surface area contributed by atoms with E-state index in [0.717, 1.165) is 24.9 Å². The standard InChI is InChI=1S/C18H28N2O/c1-2-21-18-11-9-17(10-12-18)20-13-5-8-16(14-20)19-15-6-3-4-7-15/h9-12,15-16,19H,2-8,13-14H2,1H3. The van der Waals surface area contributed by atoms with Crippen molar-refractivity contribution in [1.82, 2.24) is 5.32 Å². The van der Waals surface area contributed by atoms with E-state index in [4.69, 9.17) is 4.74 Å². The van der Waals surface area contributed by atoms with Gasteiger partial charge in [0.2, 0.25) is 0 Å². The average Bonchev–Trinajstić information content (AvgIpc) is 3.02. The van der Waals surface area contributed by atoms with Crippen molar-refractivity contribution in [2.45, 2.75) is 57.5 Å². The minimum Gasteiger partial charge on any atom is -0.494 e. The van der Waals surface area contributed by atoms with Gasteiger partial charge in [-0.25, -0.2) is 0 Å². The van der Waals surface area contributed by atoms with Crippen LogP contribution in [0.5, 0.6) is 5.75 Å². The van der Waals surface area contributed by atoms with Crippen molar-refractivity contribution in [1.29, 1.82) is 0 Å². The Kier molecular flexibility index (Phi) is 5.02. The first kappa shape index (κ1) is 14.7. The van der Waals surface area contributed by atoms with Crippen LogP contribution in [0.2, 0.25) is 0 Å². The molecular weight excluding hydrogens is 260 g/mol. The molecule has 21 heavy (non-hydrogen) atoms. The molecule has 3 nitrogen and oxygen atoms in total. The Bertz CT molecular complexity index is 425. The number of hydrogen-bond acceptors (Lipinski definition) is 3. The minimum absolute atomic E-state index is 0.661. The highest BCUT2D eigenvalue weighted by Gasteiger charge is 2.24. The van der Waals surface area contributed by atoms with E-state index >= 15 is 0 Å². The summed E-state index contributed by atoms with van der Waals surface area (Å²) >= 11 is 0. The number of ether oxygens (including phenoxy) is 1. The molecule has 0 spiro atoms. The monoisotopic (exact) mass is 288 g/mol. The Labute approximate surface area is 128 Å². The van der Waals surface area contributed by atoms with Crippen LogP contribution >= 0.6 is 0 Å². The summed E-state index contributed by atoms with van der Waals surface area (Å²) in [6, 6.07) is 10.0. The summed E-state index contributed by atoms with van der Waals surface area (Å²) in [5.74, 6) is 0.971. The molecule has 0 bridgehead atoms. The summed E-state index contributed by atoms with van der Waals surface area (Å²) in [6.45, 7) is 5.08. The molecule has 1 aromatic rings. The van der Waals surface area contributed by atoms with Crippen LogP contribution in [-0.4, -0.2) is 31.8 Å². The molecule has 116 valence electrons. The summed E-state index contributed by atoms with van der Waals surface area (Å²) in [7, 11) is 0. The molecule has 0 amide bonds. The van der Waals surface area contributed by atoms with Gasteiger partial charge in [0.15, 0.2) is 0 Å². The normalized spacial score (nSPS) is 23.5. The van der Waals surface area contributed by atoms with E-state index in [9.17, 15) is 0 Å². The molecule has 1 saturated heterocycles. The second kappa shape index (κ2) is 7.17. The number of piperidine rings is 1. The summed E-state index contributed by atoms with van der Waals surface area (Å²) in [6.07, 6.45) is 8.18. The van der Waals surface area contributed by atoms with Crippen LogP contribution in [0.4, 0.5) is 5.69 Å². The molecule has 2 fully saturated rings. The first-order valence-corrected chi connectivity index (χ1v) is 8.59. The Balaban J connectivity index is 1.56. The molecule has 3 rings (SSSR count). The second-order valence-corrected chi connectivity index (χ2v) is 6.36. The number of anilines is 1. The fourth-order valence-electron chi connectivity index (χ4n) is 3.69. The van der Waals surface area contributed by atoms with Gasteiger partial charge in [-0.3, -0.25) is 0 Å². The van der Waals surface area contributed by atoms with Crippen molar-refractivity contribution in [3.63, 3.8) is 0 Å². The van der Waals surface area contributed by atoms with Crippen molar-refractivity contribution in [2.75, 3.05) is 24.6 Å². The molecular formula is C18H28N2O. The van der Waals surface area contributed by atoms with Crippen LogP contribution in [0.3, 0.4) is 0 Å². The molecule has 1 atom stereocenters. The Morgan fingerprint density at radius 1 is 1.05 bits per heavy atom. The van der Waals surface area contributed by atoms with Gasteiger partial charge in [-0.1, -0.05) is 12.8 Å². The zero-order valence-electron chi connectivity index (χ0n) is 13.2. The molecule has 2 aliphatic rings. The van der Waals surface area contributed by atoms with E-state index in [2.05, 4.69) is 34.5 Å². The van der Waals surface area contributed by atoms with Gasteiger partial charge in [0, 0.05) is 30.9 Å². The van der Waals surface area contributed by atoms with Gasteiger partial charge < -0.3 is 15.0 Å². The van der Waals surface area contributed by atoms with Gasteiger partial charge in [0.05, 0.1) is 6.61 Å². The molecule has 1 aliphatic carbocycles. The van der Waals surface area contributed by atoms with E-state index in [1.165, 1.54) is 50.8 Å². The van der Waals surface area contributed by atoms with E-state index in [1.54, 1.807) is 0 Å².